The third kappa shape index (κ3) is 8.44. The van der Waals surface area contributed by atoms with Gasteiger partial charge in [0.15, 0.2) is 0 Å². The van der Waals surface area contributed by atoms with E-state index in [0.717, 1.165) is 12.8 Å². The molecule has 0 fully saturated rings. The SMILES string of the molecule is C/C=C/C[C@@H](C)C[C@@H](C(N)=O)N(C)C(=O)[C@H](C(C)C)N(C)C(=O)CCC(C)C. The van der Waals surface area contributed by atoms with Crippen LogP contribution in [0, 0.1) is 17.8 Å². The topological polar surface area (TPSA) is 83.7 Å². The summed E-state index contributed by atoms with van der Waals surface area (Å²) in [5.74, 6) is -0.238. The number of nitrogens with zero attached hydrogens (tertiary/aromatic N) is 2. The Balaban J connectivity index is 5.38. The van der Waals surface area contributed by atoms with Crippen molar-refractivity contribution >= 4 is 17.7 Å². The van der Waals surface area contributed by atoms with Crippen LogP contribution in [0.4, 0.5) is 0 Å². The molecule has 3 amide bonds. The molecular weight excluding hydrogens is 354 g/mol. The standard InChI is InChI=1S/C22H41N3O3/c1-9-10-11-17(6)14-18(21(23)27)24(7)22(28)20(16(4)5)25(8)19(26)13-12-15(2)3/h9-10,15-18,20H,11-14H2,1-8H3,(H2,23,27)/b10-9+/t17-,18+,20+/m1/s1. The lowest BCUT2D eigenvalue weighted by molar-refractivity contribution is -0.149. The van der Waals surface area contributed by atoms with E-state index in [-0.39, 0.29) is 23.7 Å². The first-order valence-electron chi connectivity index (χ1n) is 10.4. The first-order chi connectivity index (χ1) is 12.9. The lowest BCUT2D eigenvalue weighted by Crippen LogP contribution is -2.56. The maximum atomic E-state index is 13.2. The molecule has 0 saturated carbocycles. The van der Waals surface area contributed by atoms with Crippen LogP contribution in [0.1, 0.15) is 67.2 Å². The van der Waals surface area contributed by atoms with Gasteiger partial charge < -0.3 is 15.5 Å². The van der Waals surface area contributed by atoms with Gasteiger partial charge in [0.25, 0.3) is 0 Å². The van der Waals surface area contributed by atoms with Crippen LogP contribution in [-0.2, 0) is 14.4 Å². The predicted octanol–water partition coefficient (Wildman–Crippen LogP) is 3.21. The molecule has 6 nitrogen and oxygen atoms in total. The molecule has 0 aliphatic rings. The number of likely N-dealkylation sites (N-methyl/N-ethyl adjacent to an activating group) is 2. The minimum Gasteiger partial charge on any atom is -0.368 e. The van der Waals surface area contributed by atoms with Gasteiger partial charge in [-0.25, -0.2) is 0 Å². The molecule has 0 saturated heterocycles. The highest BCUT2D eigenvalue weighted by Gasteiger charge is 2.36. The Morgan fingerprint density at radius 3 is 2.00 bits per heavy atom. The Labute approximate surface area is 171 Å². The van der Waals surface area contributed by atoms with E-state index in [1.807, 2.05) is 39.8 Å². The van der Waals surface area contributed by atoms with Gasteiger partial charge in [-0.05, 0) is 43.9 Å². The van der Waals surface area contributed by atoms with Gasteiger partial charge in [0, 0.05) is 20.5 Å². The second-order valence-electron chi connectivity index (χ2n) is 8.64. The fourth-order valence-corrected chi connectivity index (χ4v) is 3.31. The zero-order valence-corrected chi connectivity index (χ0v) is 19.1. The summed E-state index contributed by atoms with van der Waals surface area (Å²) < 4.78 is 0. The summed E-state index contributed by atoms with van der Waals surface area (Å²) in [5, 5.41) is 0. The molecule has 28 heavy (non-hydrogen) atoms. The monoisotopic (exact) mass is 395 g/mol. The second-order valence-corrected chi connectivity index (χ2v) is 8.64. The zero-order valence-electron chi connectivity index (χ0n) is 19.1. The van der Waals surface area contributed by atoms with Gasteiger partial charge in [-0.15, -0.1) is 0 Å². The van der Waals surface area contributed by atoms with Crippen LogP contribution in [0.25, 0.3) is 0 Å². The summed E-state index contributed by atoms with van der Waals surface area (Å²) in [6, 6.07) is -1.30. The highest BCUT2D eigenvalue weighted by Crippen LogP contribution is 2.20. The van der Waals surface area contributed by atoms with E-state index in [0.29, 0.717) is 18.8 Å². The van der Waals surface area contributed by atoms with Gasteiger partial charge in [0.2, 0.25) is 17.7 Å². The summed E-state index contributed by atoms with van der Waals surface area (Å²) in [7, 11) is 3.29. The van der Waals surface area contributed by atoms with E-state index in [1.54, 1.807) is 14.1 Å². The van der Waals surface area contributed by atoms with Crippen LogP contribution in [0.3, 0.4) is 0 Å². The van der Waals surface area contributed by atoms with Crippen molar-refractivity contribution < 1.29 is 14.4 Å². The van der Waals surface area contributed by atoms with Crippen molar-refractivity contribution in [1.29, 1.82) is 0 Å². The summed E-state index contributed by atoms with van der Waals surface area (Å²) >= 11 is 0. The van der Waals surface area contributed by atoms with Gasteiger partial charge >= 0.3 is 0 Å². The number of amides is 3. The maximum absolute atomic E-state index is 13.2. The molecule has 0 rings (SSSR count). The summed E-state index contributed by atoms with van der Waals surface area (Å²) in [6.45, 7) is 12.0. The number of hydrogen-bond acceptors (Lipinski definition) is 3. The van der Waals surface area contributed by atoms with E-state index >= 15 is 0 Å². The van der Waals surface area contributed by atoms with E-state index in [4.69, 9.17) is 5.73 Å². The smallest absolute Gasteiger partial charge is 0.246 e. The van der Waals surface area contributed by atoms with Crippen LogP contribution >= 0.6 is 0 Å². The van der Waals surface area contributed by atoms with Crippen LogP contribution in [-0.4, -0.2) is 53.7 Å². The minimum atomic E-state index is -0.687. The molecule has 0 spiro atoms. The average molecular weight is 396 g/mol. The second kappa shape index (κ2) is 12.6. The van der Waals surface area contributed by atoms with Crippen LogP contribution in [0.2, 0.25) is 0 Å². The van der Waals surface area contributed by atoms with Gasteiger partial charge in [-0.3, -0.25) is 14.4 Å². The molecule has 0 aliphatic carbocycles. The van der Waals surface area contributed by atoms with Crippen LogP contribution in [0.5, 0.6) is 0 Å². The number of hydrogen-bond donors (Lipinski definition) is 1. The zero-order chi connectivity index (χ0) is 22.0. The number of carbonyl (C=O) groups excluding carboxylic acids is 3. The maximum Gasteiger partial charge on any atom is 0.246 e. The normalized spacial score (nSPS) is 14.9. The lowest BCUT2D eigenvalue weighted by Gasteiger charge is -2.36. The summed E-state index contributed by atoms with van der Waals surface area (Å²) in [6.07, 6.45) is 6.53. The van der Waals surface area contributed by atoms with E-state index in [9.17, 15) is 14.4 Å². The summed E-state index contributed by atoms with van der Waals surface area (Å²) in [4.78, 5) is 40.8. The molecule has 0 radical (unpaired) electrons. The number of carbonyl (C=O) groups is 3. The van der Waals surface area contributed by atoms with E-state index in [2.05, 4.69) is 13.8 Å². The Morgan fingerprint density at radius 2 is 1.57 bits per heavy atom. The minimum absolute atomic E-state index is 0.0498. The lowest BCUT2D eigenvalue weighted by atomic mass is 9.95. The van der Waals surface area contributed by atoms with E-state index < -0.39 is 18.0 Å². The van der Waals surface area contributed by atoms with E-state index in [1.165, 1.54) is 9.80 Å². The highest BCUT2D eigenvalue weighted by atomic mass is 16.2. The van der Waals surface area contributed by atoms with Gasteiger partial charge in [0.05, 0.1) is 0 Å². The summed E-state index contributed by atoms with van der Waals surface area (Å²) in [5.41, 5.74) is 5.61. The molecule has 0 aromatic heterocycles. The van der Waals surface area contributed by atoms with Gasteiger partial charge in [-0.1, -0.05) is 46.8 Å². The molecule has 0 unspecified atom stereocenters. The Morgan fingerprint density at radius 1 is 1.00 bits per heavy atom. The fraction of sp³-hybridized carbons (Fsp3) is 0.773. The molecule has 0 heterocycles. The van der Waals surface area contributed by atoms with Crippen molar-refractivity contribution in [2.45, 2.75) is 79.3 Å². The Kier molecular flexibility index (Phi) is 11.7. The first-order valence-corrected chi connectivity index (χ1v) is 10.4. The van der Waals surface area contributed by atoms with Crippen molar-refractivity contribution in [1.82, 2.24) is 9.80 Å². The van der Waals surface area contributed by atoms with Gasteiger partial charge in [-0.2, -0.15) is 0 Å². The largest absolute Gasteiger partial charge is 0.368 e. The molecule has 6 heteroatoms. The molecule has 0 bridgehead atoms. The quantitative estimate of drug-likeness (QED) is 0.515. The fourth-order valence-electron chi connectivity index (χ4n) is 3.31. The van der Waals surface area contributed by atoms with Crippen LogP contribution in [0.15, 0.2) is 12.2 Å². The number of allylic oxidation sites excluding steroid dienone is 2. The number of primary amides is 1. The Hall–Kier alpha value is -1.85. The van der Waals surface area contributed by atoms with Crippen molar-refractivity contribution in [3.8, 4) is 0 Å². The Bertz CT molecular complexity index is 543. The van der Waals surface area contributed by atoms with Crippen molar-refractivity contribution in [3.63, 3.8) is 0 Å². The molecule has 2 N–H and O–H groups in total. The number of nitrogens with two attached hydrogens (primary N) is 1. The number of rotatable bonds is 12. The van der Waals surface area contributed by atoms with Gasteiger partial charge in [0.1, 0.15) is 12.1 Å². The molecule has 3 atom stereocenters. The third-order valence-electron chi connectivity index (χ3n) is 5.17. The predicted molar refractivity (Wildman–Crippen MR) is 114 cm³/mol. The van der Waals surface area contributed by atoms with Crippen molar-refractivity contribution in [3.05, 3.63) is 12.2 Å². The molecule has 0 aromatic rings. The first kappa shape index (κ1) is 26.1. The van der Waals surface area contributed by atoms with Crippen LogP contribution < -0.4 is 5.73 Å². The molecule has 0 aromatic carbocycles. The molecule has 162 valence electrons. The van der Waals surface area contributed by atoms with Crippen molar-refractivity contribution in [2.75, 3.05) is 14.1 Å². The third-order valence-corrected chi connectivity index (χ3v) is 5.17. The molecule has 0 aliphatic heterocycles. The van der Waals surface area contributed by atoms with Crippen molar-refractivity contribution in [2.24, 2.45) is 23.5 Å². The molecular formula is C22H41N3O3. The highest BCUT2D eigenvalue weighted by molar-refractivity contribution is 5.91. The average Bonchev–Trinajstić information content (AvgIpc) is 2.60.